The van der Waals surface area contributed by atoms with Crippen LogP contribution in [0.4, 0.5) is 5.13 Å². The van der Waals surface area contributed by atoms with Crippen molar-refractivity contribution in [3.05, 3.63) is 24.0 Å². The van der Waals surface area contributed by atoms with Crippen LogP contribution in [0.25, 0.3) is 0 Å². The lowest BCUT2D eigenvalue weighted by molar-refractivity contribution is 0.179. The molecule has 1 aliphatic rings. The van der Waals surface area contributed by atoms with Crippen molar-refractivity contribution >= 4 is 16.7 Å². The highest BCUT2D eigenvalue weighted by molar-refractivity contribution is 7.09. The van der Waals surface area contributed by atoms with Crippen LogP contribution in [0.15, 0.2) is 12.4 Å². The monoisotopic (exact) mass is 293 g/mol. The molecular weight excluding hydrogens is 274 g/mol. The van der Waals surface area contributed by atoms with Crippen LogP contribution in [-0.4, -0.2) is 38.6 Å². The van der Waals surface area contributed by atoms with E-state index in [1.165, 1.54) is 24.4 Å². The first kappa shape index (κ1) is 13.5. The Balaban J connectivity index is 1.73. The van der Waals surface area contributed by atoms with Gasteiger partial charge in [-0.3, -0.25) is 0 Å². The maximum atomic E-state index is 5.08. The summed E-state index contributed by atoms with van der Waals surface area (Å²) >= 11 is 1.47. The third-order valence-corrected chi connectivity index (χ3v) is 4.48. The predicted octanol–water partition coefficient (Wildman–Crippen LogP) is 1.86. The molecule has 0 amide bonds. The van der Waals surface area contributed by atoms with Crippen molar-refractivity contribution in [2.75, 3.05) is 18.6 Å². The maximum absolute atomic E-state index is 5.08. The van der Waals surface area contributed by atoms with Gasteiger partial charge in [0.15, 0.2) is 5.82 Å². The Labute approximate surface area is 122 Å². The largest absolute Gasteiger partial charge is 0.377 e. The van der Waals surface area contributed by atoms with Gasteiger partial charge in [-0.05, 0) is 19.8 Å². The van der Waals surface area contributed by atoms with Crippen molar-refractivity contribution in [3.63, 3.8) is 0 Å². The summed E-state index contributed by atoms with van der Waals surface area (Å²) in [6, 6.07) is 0.478. The summed E-state index contributed by atoms with van der Waals surface area (Å²) in [4.78, 5) is 11.2. The number of nitrogens with zero attached hydrogens (tertiary/aromatic N) is 5. The van der Waals surface area contributed by atoms with Gasteiger partial charge in [0.25, 0.3) is 0 Å². The van der Waals surface area contributed by atoms with E-state index < -0.39 is 0 Å². The Bertz CT molecular complexity index is 567. The molecular formula is C13H19N5OS. The molecule has 3 heterocycles. The average Bonchev–Trinajstić information content (AvgIpc) is 3.13. The highest BCUT2D eigenvalue weighted by atomic mass is 32.1. The molecule has 2 aromatic rings. The van der Waals surface area contributed by atoms with E-state index in [-0.39, 0.29) is 0 Å². The summed E-state index contributed by atoms with van der Waals surface area (Å²) in [7, 11) is 1.67. The van der Waals surface area contributed by atoms with E-state index in [0.717, 1.165) is 29.9 Å². The standard InChI is InChI=1S/C13H19N5OS/c1-10-14-5-7-17(10)8-11-4-3-6-18(11)13-15-12(9-19-2)16-20-13/h5,7,11H,3-4,6,8-9H2,1-2H3/t11-/m0/s1. The van der Waals surface area contributed by atoms with Gasteiger partial charge in [0.2, 0.25) is 5.13 Å². The Morgan fingerprint density at radius 3 is 3.15 bits per heavy atom. The van der Waals surface area contributed by atoms with Gasteiger partial charge in [-0.15, -0.1) is 0 Å². The van der Waals surface area contributed by atoms with Crippen molar-refractivity contribution in [3.8, 4) is 0 Å². The second-order valence-electron chi connectivity index (χ2n) is 5.04. The molecule has 0 radical (unpaired) electrons. The zero-order valence-corrected chi connectivity index (χ0v) is 12.6. The second-order valence-corrected chi connectivity index (χ2v) is 5.77. The van der Waals surface area contributed by atoms with Crippen LogP contribution in [0.1, 0.15) is 24.5 Å². The van der Waals surface area contributed by atoms with Crippen molar-refractivity contribution in [1.82, 2.24) is 18.9 Å². The fraction of sp³-hybridized carbons (Fsp3) is 0.615. The van der Waals surface area contributed by atoms with Gasteiger partial charge in [-0.1, -0.05) is 0 Å². The van der Waals surface area contributed by atoms with Crippen molar-refractivity contribution in [1.29, 1.82) is 0 Å². The van der Waals surface area contributed by atoms with E-state index in [2.05, 4.69) is 23.8 Å². The summed E-state index contributed by atoms with van der Waals surface area (Å²) in [6.07, 6.45) is 6.30. The van der Waals surface area contributed by atoms with Gasteiger partial charge in [-0.2, -0.15) is 4.37 Å². The number of aromatic nitrogens is 4. The summed E-state index contributed by atoms with van der Waals surface area (Å²) < 4.78 is 11.6. The van der Waals surface area contributed by atoms with Crippen molar-refractivity contribution < 1.29 is 4.74 Å². The lowest BCUT2D eigenvalue weighted by atomic mass is 10.2. The SMILES string of the molecule is COCc1nsc(N2CCC[C@H]2Cn2ccnc2C)n1. The fourth-order valence-corrected chi connectivity index (χ4v) is 3.42. The smallest absolute Gasteiger partial charge is 0.205 e. The first-order chi connectivity index (χ1) is 9.78. The normalized spacial score (nSPS) is 18.9. The van der Waals surface area contributed by atoms with Crippen LogP contribution in [-0.2, 0) is 17.9 Å². The molecule has 0 unspecified atom stereocenters. The third-order valence-electron chi connectivity index (χ3n) is 3.68. The first-order valence-corrected chi connectivity index (χ1v) is 7.61. The van der Waals surface area contributed by atoms with E-state index in [0.29, 0.717) is 12.6 Å². The number of imidazole rings is 1. The molecule has 1 fully saturated rings. The topological polar surface area (TPSA) is 56.1 Å². The molecule has 0 aromatic carbocycles. The van der Waals surface area contributed by atoms with E-state index in [9.17, 15) is 0 Å². The Morgan fingerprint density at radius 2 is 2.40 bits per heavy atom. The van der Waals surface area contributed by atoms with Gasteiger partial charge < -0.3 is 14.2 Å². The number of methoxy groups -OCH3 is 1. The molecule has 1 atom stereocenters. The molecule has 0 saturated carbocycles. The van der Waals surface area contributed by atoms with Crippen molar-refractivity contribution in [2.24, 2.45) is 0 Å². The number of aryl methyl sites for hydroxylation is 1. The van der Waals surface area contributed by atoms with E-state index in [4.69, 9.17) is 4.74 Å². The molecule has 108 valence electrons. The fourth-order valence-electron chi connectivity index (χ4n) is 2.65. The quantitative estimate of drug-likeness (QED) is 0.842. The Morgan fingerprint density at radius 1 is 1.50 bits per heavy atom. The number of rotatable bonds is 5. The minimum absolute atomic E-state index is 0.478. The van der Waals surface area contributed by atoms with Gasteiger partial charge in [0.1, 0.15) is 12.4 Å². The molecule has 0 N–H and O–H groups in total. The van der Waals surface area contributed by atoms with Crippen molar-refractivity contribution in [2.45, 2.75) is 39.0 Å². The molecule has 3 rings (SSSR count). The highest BCUT2D eigenvalue weighted by Gasteiger charge is 2.27. The molecule has 1 aliphatic heterocycles. The van der Waals surface area contributed by atoms with Crippen LogP contribution in [0.5, 0.6) is 0 Å². The van der Waals surface area contributed by atoms with E-state index in [1.807, 2.05) is 19.3 Å². The number of hydrogen-bond donors (Lipinski definition) is 0. The maximum Gasteiger partial charge on any atom is 0.205 e. The lowest BCUT2D eigenvalue weighted by Gasteiger charge is -2.24. The molecule has 0 bridgehead atoms. The summed E-state index contributed by atoms with van der Waals surface area (Å²) in [5.74, 6) is 1.84. The van der Waals surface area contributed by atoms with Crippen LogP contribution in [0, 0.1) is 6.92 Å². The number of hydrogen-bond acceptors (Lipinski definition) is 6. The molecule has 0 aliphatic carbocycles. The second kappa shape index (κ2) is 5.88. The minimum Gasteiger partial charge on any atom is -0.377 e. The Hall–Kier alpha value is -1.47. The Kier molecular flexibility index (Phi) is 3.98. The highest BCUT2D eigenvalue weighted by Crippen LogP contribution is 2.28. The van der Waals surface area contributed by atoms with Crippen LogP contribution in [0.2, 0.25) is 0 Å². The molecule has 0 spiro atoms. The summed E-state index contributed by atoms with van der Waals surface area (Å²) in [6.45, 7) is 4.54. The average molecular weight is 293 g/mol. The van der Waals surface area contributed by atoms with Gasteiger partial charge in [-0.25, -0.2) is 9.97 Å². The molecule has 20 heavy (non-hydrogen) atoms. The molecule has 1 saturated heterocycles. The first-order valence-electron chi connectivity index (χ1n) is 6.84. The van der Waals surface area contributed by atoms with E-state index >= 15 is 0 Å². The van der Waals surface area contributed by atoms with Crippen LogP contribution < -0.4 is 4.90 Å². The lowest BCUT2D eigenvalue weighted by Crippen LogP contribution is -2.33. The summed E-state index contributed by atoms with van der Waals surface area (Å²) in [5.41, 5.74) is 0. The third kappa shape index (κ3) is 2.69. The number of anilines is 1. The predicted molar refractivity (Wildman–Crippen MR) is 78.0 cm³/mol. The van der Waals surface area contributed by atoms with Gasteiger partial charge >= 0.3 is 0 Å². The van der Waals surface area contributed by atoms with Crippen LogP contribution >= 0.6 is 11.5 Å². The number of ether oxygens (including phenoxy) is 1. The van der Waals surface area contributed by atoms with Gasteiger partial charge in [0, 0.05) is 50.2 Å². The zero-order valence-electron chi connectivity index (χ0n) is 11.8. The zero-order chi connectivity index (χ0) is 13.9. The summed E-state index contributed by atoms with van der Waals surface area (Å²) in [5, 5.41) is 1.01. The van der Waals surface area contributed by atoms with E-state index in [1.54, 1.807) is 7.11 Å². The molecule has 6 nitrogen and oxygen atoms in total. The van der Waals surface area contributed by atoms with Crippen LogP contribution in [0.3, 0.4) is 0 Å². The van der Waals surface area contributed by atoms with Gasteiger partial charge in [0.05, 0.1) is 0 Å². The molecule has 7 heteroatoms. The minimum atomic E-state index is 0.478. The molecule has 2 aromatic heterocycles.